The molecular formula is C17H18Cl2HfN-3. The van der Waals surface area contributed by atoms with E-state index in [0.717, 1.165) is 13.1 Å². The summed E-state index contributed by atoms with van der Waals surface area (Å²) in [6.07, 6.45) is 0. The Bertz CT molecular complexity index is 689. The van der Waals surface area contributed by atoms with Crippen LogP contribution >= 0.6 is 0 Å². The van der Waals surface area contributed by atoms with E-state index >= 15 is 0 Å². The Morgan fingerprint density at radius 2 is 1.48 bits per heavy atom. The molecule has 0 amide bonds. The third kappa shape index (κ3) is 3.85. The summed E-state index contributed by atoms with van der Waals surface area (Å²) in [5.74, 6) is 0. The van der Waals surface area contributed by atoms with E-state index in [1.54, 1.807) is 0 Å². The number of rotatable bonds is 3. The molecule has 0 N–H and O–H groups in total. The van der Waals surface area contributed by atoms with Crippen LogP contribution in [0, 0.1) is 0 Å². The molecule has 1 nitrogen and oxygen atoms in total. The second-order valence-corrected chi connectivity index (χ2v) is 4.68. The van der Waals surface area contributed by atoms with Crippen LogP contribution in [-0.2, 0) is 25.8 Å². The van der Waals surface area contributed by atoms with E-state index in [1.165, 1.54) is 27.2 Å². The Morgan fingerprint density at radius 1 is 0.857 bits per heavy atom. The van der Waals surface area contributed by atoms with E-state index in [-0.39, 0.29) is 50.7 Å². The molecule has 0 aliphatic rings. The van der Waals surface area contributed by atoms with Crippen LogP contribution in [0.4, 0.5) is 5.69 Å². The van der Waals surface area contributed by atoms with Gasteiger partial charge in [-0.2, -0.15) is 0 Å². The molecule has 4 heteroatoms. The van der Waals surface area contributed by atoms with Crippen LogP contribution in [0.2, 0.25) is 0 Å². The van der Waals surface area contributed by atoms with E-state index in [4.69, 9.17) is 0 Å². The van der Waals surface area contributed by atoms with E-state index in [1.807, 2.05) is 0 Å². The van der Waals surface area contributed by atoms with Gasteiger partial charge in [0, 0.05) is 44.6 Å². The molecule has 0 radical (unpaired) electrons. The van der Waals surface area contributed by atoms with Gasteiger partial charge < -0.3 is 29.7 Å². The minimum Gasteiger partial charge on any atom is -1.00 e. The fourth-order valence-corrected chi connectivity index (χ4v) is 2.74. The second kappa shape index (κ2) is 8.87. The topological polar surface area (TPSA) is 3.24 Å². The molecule has 0 atom stereocenters. The molecular weight excluding hydrogens is 468 g/mol. The SMILES string of the molecule is CCN(CC)c1ccc2c(c1)[cH-]c1ccccc12.[Cl-].[Cl-].[Hf]. The molecule has 3 aromatic carbocycles. The van der Waals surface area contributed by atoms with Gasteiger partial charge in [0.05, 0.1) is 0 Å². The molecule has 3 aromatic rings. The summed E-state index contributed by atoms with van der Waals surface area (Å²) in [5.41, 5.74) is 1.32. The molecule has 0 unspecified atom stereocenters. The number of hydrogen-bond donors (Lipinski definition) is 0. The van der Waals surface area contributed by atoms with Gasteiger partial charge in [0.15, 0.2) is 0 Å². The fraction of sp³-hybridized carbons (Fsp3) is 0.235. The molecule has 0 fully saturated rings. The first-order valence-electron chi connectivity index (χ1n) is 6.66. The first kappa shape index (κ1) is 20.6. The molecule has 112 valence electrons. The third-order valence-corrected chi connectivity index (χ3v) is 3.73. The van der Waals surface area contributed by atoms with Crippen molar-refractivity contribution in [3.05, 3.63) is 48.5 Å². The number of anilines is 1. The van der Waals surface area contributed by atoms with Gasteiger partial charge in [-0.05, 0) is 13.8 Å². The largest absolute Gasteiger partial charge is 1.00 e. The molecule has 0 bridgehead atoms. The maximum atomic E-state index is 2.39. The van der Waals surface area contributed by atoms with Crippen LogP contribution in [0.25, 0.3) is 21.5 Å². The van der Waals surface area contributed by atoms with E-state index in [9.17, 15) is 0 Å². The van der Waals surface area contributed by atoms with Crippen LogP contribution in [0.1, 0.15) is 13.8 Å². The average Bonchev–Trinajstić information content (AvgIpc) is 2.78. The average molecular weight is 486 g/mol. The summed E-state index contributed by atoms with van der Waals surface area (Å²) in [7, 11) is 0. The molecule has 0 aliphatic heterocycles. The molecule has 0 aliphatic carbocycles. The van der Waals surface area contributed by atoms with Gasteiger partial charge in [0.25, 0.3) is 0 Å². The van der Waals surface area contributed by atoms with Crippen molar-refractivity contribution in [3.8, 4) is 0 Å². The van der Waals surface area contributed by atoms with Crippen LogP contribution in [0.3, 0.4) is 0 Å². The molecule has 0 saturated heterocycles. The van der Waals surface area contributed by atoms with Gasteiger partial charge >= 0.3 is 0 Å². The van der Waals surface area contributed by atoms with Crippen molar-refractivity contribution in [3.63, 3.8) is 0 Å². The Kier molecular flexibility index (Phi) is 8.69. The molecule has 0 spiro atoms. The van der Waals surface area contributed by atoms with Crippen molar-refractivity contribution in [2.24, 2.45) is 0 Å². The van der Waals surface area contributed by atoms with Gasteiger partial charge in [0.1, 0.15) is 0 Å². The van der Waals surface area contributed by atoms with Gasteiger partial charge in [-0.1, -0.05) is 36.4 Å². The smallest absolute Gasteiger partial charge is 0.0143 e. The van der Waals surface area contributed by atoms with Crippen molar-refractivity contribution >= 4 is 27.2 Å². The summed E-state index contributed by atoms with van der Waals surface area (Å²) in [4.78, 5) is 2.39. The minimum absolute atomic E-state index is 0. The number of halogens is 2. The van der Waals surface area contributed by atoms with Crippen molar-refractivity contribution in [1.82, 2.24) is 0 Å². The predicted molar refractivity (Wildman–Crippen MR) is 80.6 cm³/mol. The molecule has 0 heterocycles. The van der Waals surface area contributed by atoms with Gasteiger partial charge in [0.2, 0.25) is 0 Å². The third-order valence-electron chi connectivity index (χ3n) is 3.73. The van der Waals surface area contributed by atoms with Crippen molar-refractivity contribution in [2.45, 2.75) is 13.8 Å². The van der Waals surface area contributed by atoms with Crippen LogP contribution < -0.4 is 29.7 Å². The Labute approximate surface area is 157 Å². The quantitative estimate of drug-likeness (QED) is 0.325. The van der Waals surface area contributed by atoms with Gasteiger partial charge in [-0.25, -0.2) is 0 Å². The maximum absolute atomic E-state index is 2.39. The standard InChI is InChI=1S/C17H18N.2ClH.Hf/c1-3-18(4-2)15-9-10-17-14(12-15)11-13-7-5-6-8-16(13)17;;;/h5-12H,3-4H2,1-2H3;2*1H;/q-1;;;/p-2. The number of benzene rings is 2. The predicted octanol–water partition coefficient (Wildman–Crippen LogP) is -1.44. The zero-order valence-corrected chi connectivity index (χ0v) is 17.3. The first-order chi connectivity index (χ1) is 8.83. The summed E-state index contributed by atoms with van der Waals surface area (Å²) < 4.78 is 0. The van der Waals surface area contributed by atoms with E-state index in [0.29, 0.717) is 0 Å². The van der Waals surface area contributed by atoms with Crippen LogP contribution in [-0.4, -0.2) is 13.1 Å². The summed E-state index contributed by atoms with van der Waals surface area (Å²) in [6, 6.07) is 17.7. The fourth-order valence-electron chi connectivity index (χ4n) is 2.74. The monoisotopic (exact) mass is 486 g/mol. The minimum atomic E-state index is 0. The molecule has 3 rings (SSSR count). The van der Waals surface area contributed by atoms with E-state index < -0.39 is 0 Å². The second-order valence-electron chi connectivity index (χ2n) is 4.68. The first-order valence-corrected chi connectivity index (χ1v) is 6.66. The normalized spacial score (nSPS) is 9.62. The van der Waals surface area contributed by atoms with Crippen LogP contribution in [0.5, 0.6) is 0 Å². The number of hydrogen-bond acceptors (Lipinski definition) is 1. The van der Waals surface area contributed by atoms with Crippen LogP contribution in [0.15, 0.2) is 48.5 Å². The van der Waals surface area contributed by atoms with Crippen molar-refractivity contribution < 1.29 is 50.7 Å². The van der Waals surface area contributed by atoms with E-state index in [2.05, 4.69) is 67.3 Å². The van der Waals surface area contributed by atoms with Gasteiger partial charge in [-0.15, -0.1) is 33.7 Å². The van der Waals surface area contributed by atoms with Crippen molar-refractivity contribution in [2.75, 3.05) is 18.0 Å². The number of fused-ring (bicyclic) bond motifs is 3. The number of nitrogens with zero attached hydrogens (tertiary/aromatic N) is 1. The Morgan fingerprint density at radius 3 is 2.14 bits per heavy atom. The maximum Gasteiger partial charge on any atom is 0.0143 e. The zero-order valence-electron chi connectivity index (χ0n) is 12.2. The molecule has 0 saturated carbocycles. The van der Waals surface area contributed by atoms with Gasteiger partial charge in [-0.3, -0.25) is 0 Å². The summed E-state index contributed by atoms with van der Waals surface area (Å²) >= 11 is 0. The Hall–Kier alpha value is -0.440. The van der Waals surface area contributed by atoms with Crippen molar-refractivity contribution in [1.29, 1.82) is 0 Å². The summed E-state index contributed by atoms with van der Waals surface area (Å²) in [5, 5.41) is 5.41. The molecule has 0 aromatic heterocycles. The Balaban J connectivity index is 0.00000133. The zero-order chi connectivity index (χ0) is 12.5. The molecule has 21 heavy (non-hydrogen) atoms. The summed E-state index contributed by atoms with van der Waals surface area (Å²) in [6.45, 7) is 6.52.